The predicted octanol–water partition coefficient (Wildman–Crippen LogP) is 1.38. The van der Waals surface area contributed by atoms with Crippen molar-refractivity contribution in [1.29, 1.82) is 0 Å². The van der Waals surface area contributed by atoms with Crippen LogP contribution in [0.3, 0.4) is 0 Å². The molecule has 5 heteroatoms. The molecule has 1 amide bonds. The van der Waals surface area contributed by atoms with E-state index in [9.17, 15) is 9.18 Å². The van der Waals surface area contributed by atoms with Gasteiger partial charge in [0.15, 0.2) is 0 Å². The van der Waals surface area contributed by atoms with Crippen molar-refractivity contribution >= 4 is 11.6 Å². The van der Waals surface area contributed by atoms with Crippen molar-refractivity contribution in [2.24, 2.45) is 5.92 Å². The second kappa shape index (κ2) is 5.14. The molecule has 1 saturated heterocycles. The second-order valence-corrected chi connectivity index (χ2v) is 4.02. The third-order valence-electron chi connectivity index (χ3n) is 2.86. The van der Waals surface area contributed by atoms with Crippen molar-refractivity contribution < 1.29 is 13.9 Å². The average Bonchev–Trinajstić information content (AvgIpc) is 2.85. The number of hydrogen-bond acceptors (Lipinski definition) is 3. The molecule has 2 N–H and O–H groups in total. The molecule has 92 valence electrons. The monoisotopic (exact) mass is 238 g/mol. The second-order valence-electron chi connectivity index (χ2n) is 4.02. The number of carbonyl (C=O) groups is 1. The van der Waals surface area contributed by atoms with Gasteiger partial charge in [0.1, 0.15) is 11.6 Å². The minimum atomic E-state index is -0.454. The van der Waals surface area contributed by atoms with Gasteiger partial charge in [-0.05, 0) is 25.1 Å². The summed E-state index contributed by atoms with van der Waals surface area (Å²) >= 11 is 0. The SMILES string of the molecule is COc1ccc(F)c(NC(=O)C2CCNC2)c1. The van der Waals surface area contributed by atoms with Crippen LogP contribution in [0.2, 0.25) is 0 Å². The van der Waals surface area contributed by atoms with Gasteiger partial charge in [0, 0.05) is 12.6 Å². The van der Waals surface area contributed by atoms with Crippen LogP contribution in [0.25, 0.3) is 0 Å². The topological polar surface area (TPSA) is 50.4 Å². The summed E-state index contributed by atoms with van der Waals surface area (Å²) in [4.78, 5) is 11.8. The number of methoxy groups -OCH3 is 1. The van der Waals surface area contributed by atoms with Crippen molar-refractivity contribution in [3.8, 4) is 5.75 Å². The number of benzene rings is 1. The van der Waals surface area contributed by atoms with Crippen LogP contribution in [0.1, 0.15) is 6.42 Å². The molecule has 4 nitrogen and oxygen atoms in total. The number of ether oxygens (including phenoxy) is 1. The molecule has 1 atom stereocenters. The van der Waals surface area contributed by atoms with Crippen LogP contribution in [-0.4, -0.2) is 26.1 Å². The molecule has 17 heavy (non-hydrogen) atoms. The highest BCUT2D eigenvalue weighted by Crippen LogP contribution is 2.22. The first-order valence-electron chi connectivity index (χ1n) is 5.56. The molecule has 0 aliphatic carbocycles. The van der Waals surface area contributed by atoms with Gasteiger partial charge >= 0.3 is 0 Å². The van der Waals surface area contributed by atoms with Gasteiger partial charge in [-0.25, -0.2) is 4.39 Å². The Morgan fingerprint density at radius 1 is 1.59 bits per heavy atom. The molecule has 2 rings (SSSR count). The Hall–Kier alpha value is -1.62. The Kier molecular flexibility index (Phi) is 3.58. The molecule has 0 aromatic heterocycles. The van der Waals surface area contributed by atoms with Crippen molar-refractivity contribution in [2.45, 2.75) is 6.42 Å². The van der Waals surface area contributed by atoms with Gasteiger partial charge in [0.25, 0.3) is 0 Å². The molecule has 0 bridgehead atoms. The summed E-state index contributed by atoms with van der Waals surface area (Å²) in [6, 6.07) is 4.28. The van der Waals surface area contributed by atoms with Crippen LogP contribution < -0.4 is 15.4 Å². The summed E-state index contributed by atoms with van der Waals surface area (Å²) in [6.45, 7) is 1.48. The van der Waals surface area contributed by atoms with Crippen molar-refractivity contribution in [3.63, 3.8) is 0 Å². The van der Waals surface area contributed by atoms with E-state index < -0.39 is 5.82 Å². The minimum absolute atomic E-state index is 0.0828. The Balaban J connectivity index is 2.09. The zero-order valence-electron chi connectivity index (χ0n) is 9.63. The Morgan fingerprint density at radius 2 is 2.41 bits per heavy atom. The Bertz CT molecular complexity index is 417. The third kappa shape index (κ3) is 2.74. The van der Waals surface area contributed by atoms with Crippen molar-refractivity contribution in [3.05, 3.63) is 24.0 Å². The van der Waals surface area contributed by atoms with Gasteiger partial charge in [-0.15, -0.1) is 0 Å². The molecule has 1 fully saturated rings. The predicted molar refractivity (Wildman–Crippen MR) is 62.6 cm³/mol. The first kappa shape index (κ1) is 11.9. The van der Waals surface area contributed by atoms with E-state index in [1.807, 2.05) is 0 Å². The van der Waals surface area contributed by atoms with Crippen LogP contribution in [0.4, 0.5) is 10.1 Å². The molecule has 1 aliphatic heterocycles. The molecule has 1 aromatic carbocycles. The van der Waals surface area contributed by atoms with E-state index in [0.717, 1.165) is 13.0 Å². The summed E-state index contributed by atoms with van der Waals surface area (Å²) < 4.78 is 18.5. The number of carbonyl (C=O) groups excluding carboxylic acids is 1. The lowest BCUT2D eigenvalue weighted by Crippen LogP contribution is -2.25. The first-order valence-corrected chi connectivity index (χ1v) is 5.56. The maximum atomic E-state index is 13.5. The molecule has 0 radical (unpaired) electrons. The normalized spacial score (nSPS) is 19.1. The van der Waals surface area contributed by atoms with Gasteiger partial charge in [-0.2, -0.15) is 0 Å². The van der Waals surface area contributed by atoms with Gasteiger partial charge in [0.2, 0.25) is 5.91 Å². The number of nitrogens with one attached hydrogen (secondary N) is 2. The summed E-state index contributed by atoms with van der Waals surface area (Å²) in [5.74, 6) is -0.167. The van der Waals surface area contributed by atoms with E-state index in [1.54, 1.807) is 0 Å². The fourth-order valence-corrected chi connectivity index (χ4v) is 1.84. The average molecular weight is 238 g/mol. The van der Waals surface area contributed by atoms with Gasteiger partial charge in [-0.1, -0.05) is 0 Å². The highest BCUT2D eigenvalue weighted by Gasteiger charge is 2.23. The van der Waals surface area contributed by atoms with E-state index in [1.165, 1.54) is 25.3 Å². The molecule has 0 spiro atoms. The lowest BCUT2D eigenvalue weighted by atomic mass is 10.1. The number of hydrogen-bond donors (Lipinski definition) is 2. The van der Waals surface area contributed by atoms with Crippen LogP contribution in [-0.2, 0) is 4.79 Å². The maximum absolute atomic E-state index is 13.5. The van der Waals surface area contributed by atoms with E-state index in [-0.39, 0.29) is 17.5 Å². The Morgan fingerprint density at radius 3 is 3.06 bits per heavy atom. The number of anilines is 1. The standard InChI is InChI=1S/C12H15FN2O2/c1-17-9-2-3-10(13)11(6-9)15-12(16)8-4-5-14-7-8/h2-3,6,8,14H,4-5,7H2,1H3,(H,15,16). The summed E-state index contributed by atoms with van der Waals surface area (Å²) in [7, 11) is 1.50. The van der Waals surface area contributed by atoms with Crippen LogP contribution >= 0.6 is 0 Å². The lowest BCUT2D eigenvalue weighted by Gasteiger charge is -2.11. The molecular weight excluding hydrogens is 223 g/mol. The van der Waals surface area contributed by atoms with Crippen LogP contribution in [0.5, 0.6) is 5.75 Å². The number of rotatable bonds is 3. The fraction of sp³-hybridized carbons (Fsp3) is 0.417. The summed E-state index contributed by atoms with van der Waals surface area (Å²) in [5.41, 5.74) is 0.168. The highest BCUT2D eigenvalue weighted by atomic mass is 19.1. The first-order chi connectivity index (χ1) is 8.20. The molecule has 1 aromatic rings. The molecule has 0 saturated carbocycles. The zero-order chi connectivity index (χ0) is 12.3. The zero-order valence-corrected chi connectivity index (χ0v) is 9.63. The van der Waals surface area contributed by atoms with E-state index in [2.05, 4.69) is 10.6 Å². The molecular formula is C12H15FN2O2. The number of halogens is 1. The Labute approximate surface area is 99.2 Å². The molecule has 1 heterocycles. The minimum Gasteiger partial charge on any atom is -0.497 e. The lowest BCUT2D eigenvalue weighted by molar-refractivity contribution is -0.119. The smallest absolute Gasteiger partial charge is 0.228 e. The van der Waals surface area contributed by atoms with Gasteiger partial charge < -0.3 is 15.4 Å². The van der Waals surface area contributed by atoms with E-state index in [0.29, 0.717) is 12.3 Å². The van der Waals surface area contributed by atoms with E-state index >= 15 is 0 Å². The summed E-state index contributed by atoms with van der Waals surface area (Å²) in [5, 5.41) is 5.69. The fourth-order valence-electron chi connectivity index (χ4n) is 1.84. The van der Waals surface area contributed by atoms with Gasteiger partial charge in [0.05, 0.1) is 18.7 Å². The largest absolute Gasteiger partial charge is 0.497 e. The molecule has 1 aliphatic rings. The number of amides is 1. The maximum Gasteiger partial charge on any atom is 0.228 e. The van der Waals surface area contributed by atoms with Crippen molar-refractivity contribution in [2.75, 3.05) is 25.5 Å². The van der Waals surface area contributed by atoms with E-state index in [4.69, 9.17) is 4.74 Å². The molecule has 1 unspecified atom stereocenters. The van der Waals surface area contributed by atoms with Crippen LogP contribution in [0.15, 0.2) is 18.2 Å². The highest BCUT2D eigenvalue weighted by molar-refractivity contribution is 5.93. The van der Waals surface area contributed by atoms with Crippen molar-refractivity contribution in [1.82, 2.24) is 5.32 Å². The van der Waals surface area contributed by atoms with Crippen LogP contribution in [0, 0.1) is 11.7 Å². The third-order valence-corrected chi connectivity index (χ3v) is 2.86. The summed E-state index contributed by atoms with van der Waals surface area (Å²) in [6.07, 6.45) is 0.789. The van der Waals surface area contributed by atoms with Gasteiger partial charge in [-0.3, -0.25) is 4.79 Å². The quantitative estimate of drug-likeness (QED) is 0.836.